The van der Waals surface area contributed by atoms with Crippen LogP contribution in [0, 0.1) is 0 Å². The van der Waals surface area contributed by atoms with E-state index >= 15 is 0 Å². The molecule has 0 fully saturated rings. The zero-order valence-corrected chi connectivity index (χ0v) is 18.1. The number of hydrogen-bond acceptors (Lipinski definition) is 2. The average molecular weight is 466 g/mol. The third kappa shape index (κ3) is 4.17. The van der Waals surface area contributed by atoms with E-state index in [9.17, 15) is 14.7 Å². The van der Waals surface area contributed by atoms with Crippen molar-refractivity contribution in [3.8, 4) is 11.1 Å². The number of hydrogen-bond donors (Lipinski definition) is 2. The fourth-order valence-corrected chi connectivity index (χ4v) is 4.42. The minimum absolute atomic E-state index is 0.379. The van der Waals surface area contributed by atoms with Gasteiger partial charge in [0.1, 0.15) is 5.41 Å². The molecule has 0 aromatic heterocycles. The molecule has 3 N–H and O–H groups in total. The molecule has 0 saturated carbocycles. The van der Waals surface area contributed by atoms with Gasteiger partial charge in [-0.3, -0.25) is 9.59 Å². The number of halogens is 1. The number of primary amides is 1. The lowest BCUT2D eigenvalue weighted by Gasteiger charge is -2.27. The van der Waals surface area contributed by atoms with Gasteiger partial charge in [-0.05, 0) is 47.2 Å². The molecule has 0 unspecified atom stereocenters. The number of fused-ring (bicyclic) bond motifs is 3. The van der Waals surface area contributed by atoms with Gasteiger partial charge >= 0.3 is 5.97 Å². The molecule has 0 heterocycles. The molecular formula is C25H24BrNO3. The summed E-state index contributed by atoms with van der Waals surface area (Å²) in [7, 11) is 0. The zero-order chi connectivity index (χ0) is 21.6. The Kier molecular flexibility index (Phi) is 7.06. The van der Waals surface area contributed by atoms with Crippen molar-refractivity contribution in [2.75, 3.05) is 5.33 Å². The number of alkyl halides is 1. The molecule has 1 aliphatic rings. The number of carboxylic acid groups (broad SMARTS) is 1. The fraction of sp³-hybridized carbons (Fsp3) is 0.200. The van der Waals surface area contributed by atoms with Crippen LogP contribution in [0.1, 0.15) is 40.7 Å². The molecule has 4 rings (SSSR count). The second kappa shape index (κ2) is 9.72. The van der Waals surface area contributed by atoms with Crippen molar-refractivity contribution in [2.45, 2.75) is 24.7 Å². The van der Waals surface area contributed by atoms with Crippen molar-refractivity contribution < 1.29 is 14.7 Å². The highest BCUT2D eigenvalue weighted by molar-refractivity contribution is 9.09. The molecule has 30 heavy (non-hydrogen) atoms. The maximum atomic E-state index is 12.2. The van der Waals surface area contributed by atoms with E-state index < -0.39 is 11.4 Å². The van der Waals surface area contributed by atoms with Crippen molar-refractivity contribution in [2.24, 2.45) is 5.73 Å². The first-order chi connectivity index (χ1) is 14.5. The number of carboxylic acids is 1. The second-order valence-corrected chi connectivity index (χ2v) is 7.97. The number of rotatable bonds is 6. The van der Waals surface area contributed by atoms with Gasteiger partial charge in [0.2, 0.25) is 5.91 Å². The molecular weight excluding hydrogens is 442 g/mol. The Morgan fingerprint density at radius 3 is 1.73 bits per heavy atom. The van der Waals surface area contributed by atoms with E-state index in [-0.39, 0.29) is 5.91 Å². The Bertz CT molecular complexity index is 988. The number of amides is 1. The highest BCUT2D eigenvalue weighted by Gasteiger charge is 2.48. The van der Waals surface area contributed by atoms with Crippen LogP contribution < -0.4 is 5.73 Å². The third-order valence-corrected chi connectivity index (χ3v) is 5.98. The van der Waals surface area contributed by atoms with E-state index in [0.29, 0.717) is 12.0 Å². The van der Waals surface area contributed by atoms with Crippen LogP contribution in [0.5, 0.6) is 0 Å². The van der Waals surface area contributed by atoms with E-state index in [4.69, 9.17) is 5.73 Å². The van der Waals surface area contributed by atoms with E-state index in [1.807, 2.05) is 54.6 Å². The maximum Gasteiger partial charge on any atom is 0.318 e. The molecule has 5 heteroatoms. The van der Waals surface area contributed by atoms with Crippen molar-refractivity contribution in [3.05, 3.63) is 95.6 Å². The van der Waals surface area contributed by atoms with Gasteiger partial charge in [-0.2, -0.15) is 0 Å². The molecule has 0 saturated heterocycles. The monoisotopic (exact) mass is 465 g/mol. The van der Waals surface area contributed by atoms with E-state index in [2.05, 4.69) is 15.9 Å². The second-order valence-electron chi connectivity index (χ2n) is 7.18. The lowest BCUT2D eigenvalue weighted by Crippen LogP contribution is -2.35. The van der Waals surface area contributed by atoms with E-state index in [1.165, 1.54) is 0 Å². The standard InChI is InChI=1S/C18H17BrO2.C7H7NO/c19-12-6-5-11-18(17(20)21)15-9-3-1-7-13(15)14-8-2-4-10-16(14)18;8-7(9)6-4-2-1-3-5-6/h1-4,7-10H,5-6,11-12H2,(H,20,21);1-5H,(H2,8,9). The Hall–Kier alpha value is -2.92. The summed E-state index contributed by atoms with van der Waals surface area (Å²) in [6.07, 6.45) is 2.52. The van der Waals surface area contributed by atoms with Gasteiger partial charge in [0.15, 0.2) is 0 Å². The number of nitrogens with two attached hydrogens (primary N) is 1. The van der Waals surface area contributed by atoms with E-state index in [0.717, 1.165) is 40.4 Å². The highest BCUT2D eigenvalue weighted by Crippen LogP contribution is 2.51. The minimum Gasteiger partial charge on any atom is -0.480 e. The quantitative estimate of drug-likeness (QED) is 0.378. The molecule has 154 valence electrons. The van der Waals surface area contributed by atoms with Crippen molar-refractivity contribution in [1.29, 1.82) is 0 Å². The summed E-state index contributed by atoms with van der Waals surface area (Å²) in [6.45, 7) is 0. The van der Waals surface area contributed by atoms with Crippen molar-refractivity contribution in [1.82, 2.24) is 0 Å². The summed E-state index contributed by atoms with van der Waals surface area (Å²) in [5.74, 6) is -1.12. The molecule has 0 spiro atoms. The molecule has 0 radical (unpaired) electrons. The van der Waals surface area contributed by atoms with Crippen LogP contribution in [-0.4, -0.2) is 22.3 Å². The summed E-state index contributed by atoms with van der Waals surface area (Å²) in [5, 5.41) is 11.0. The lowest BCUT2D eigenvalue weighted by atomic mass is 9.74. The average Bonchev–Trinajstić information content (AvgIpc) is 3.06. The first-order valence-corrected chi connectivity index (χ1v) is 11.0. The Balaban J connectivity index is 0.000000239. The first kappa shape index (κ1) is 21.8. The van der Waals surface area contributed by atoms with Gasteiger partial charge in [0.05, 0.1) is 0 Å². The van der Waals surface area contributed by atoms with Crippen molar-refractivity contribution in [3.63, 3.8) is 0 Å². The van der Waals surface area contributed by atoms with Gasteiger partial charge in [-0.15, -0.1) is 0 Å². The molecule has 3 aromatic rings. The van der Waals surface area contributed by atoms with Crippen LogP contribution >= 0.6 is 15.9 Å². The molecule has 0 atom stereocenters. The number of carbonyl (C=O) groups excluding carboxylic acids is 1. The van der Waals surface area contributed by atoms with Crippen molar-refractivity contribution >= 4 is 27.8 Å². The summed E-state index contributed by atoms with van der Waals surface area (Å²) in [4.78, 5) is 22.7. The van der Waals surface area contributed by atoms with Gasteiger partial charge in [-0.1, -0.05) is 89.1 Å². The van der Waals surface area contributed by atoms with E-state index in [1.54, 1.807) is 24.3 Å². The number of carbonyl (C=O) groups is 2. The summed E-state index contributed by atoms with van der Waals surface area (Å²) in [5.41, 5.74) is 8.64. The Morgan fingerprint density at radius 2 is 1.30 bits per heavy atom. The first-order valence-electron chi connectivity index (χ1n) is 9.86. The fourth-order valence-electron chi connectivity index (χ4n) is 4.02. The van der Waals surface area contributed by atoms with Crippen LogP contribution in [-0.2, 0) is 10.2 Å². The summed E-state index contributed by atoms with van der Waals surface area (Å²) < 4.78 is 0. The van der Waals surface area contributed by atoms with Gasteiger partial charge in [0.25, 0.3) is 0 Å². The predicted octanol–water partition coefficient (Wildman–Crippen LogP) is 5.39. The van der Waals surface area contributed by atoms with Crippen LogP contribution in [0.4, 0.5) is 0 Å². The normalized spacial score (nSPS) is 12.8. The maximum absolute atomic E-state index is 12.2. The molecule has 1 amide bonds. The molecule has 4 nitrogen and oxygen atoms in total. The molecule has 1 aliphatic carbocycles. The van der Waals surface area contributed by atoms with Gasteiger partial charge < -0.3 is 10.8 Å². The van der Waals surface area contributed by atoms with Crippen LogP contribution in [0.15, 0.2) is 78.9 Å². The smallest absolute Gasteiger partial charge is 0.318 e. The predicted molar refractivity (Wildman–Crippen MR) is 123 cm³/mol. The lowest BCUT2D eigenvalue weighted by molar-refractivity contribution is -0.142. The third-order valence-electron chi connectivity index (χ3n) is 5.42. The topological polar surface area (TPSA) is 80.4 Å². The SMILES string of the molecule is NC(=O)c1ccccc1.O=C(O)C1(CCCCBr)c2ccccc2-c2ccccc21. The number of aliphatic carboxylic acids is 1. The van der Waals surface area contributed by atoms with Crippen LogP contribution in [0.3, 0.4) is 0 Å². The Labute approximate surface area is 184 Å². The Morgan fingerprint density at radius 1 is 0.800 bits per heavy atom. The number of unbranched alkanes of at least 4 members (excludes halogenated alkanes) is 1. The van der Waals surface area contributed by atoms with Crippen LogP contribution in [0.25, 0.3) is 11.1 Å². The van der Waals surface area contributed by atoms with Gasteiger partial charge in [-0.25, -0.2) is 0 Å². The molecule has 0 bridgehead atoms. The molecule has 3 aromatic carbocycles. The minimum atomic E-state index is -0.893. The molecule has 0 aliphatic heterocycles. The zero-order valence-electron chi connectivity index (χ0n) is 16.6. The van der Waals surface area contributed by atoms with Gasteiger partial charge in [0, 0.05) is 10.9 Å². The summed E-state index contributed by atoms with van der Waals surface area (Å²) >= 11 is 3.43. The number of benzene rings is 3. The summed E-state index contributed by atoms with van der Waals surface area (Å²) in [6, 6.07) is 24.6. The largest absolute Gasteiger partial charge is 0.480 e. The van der Waals surface area contributed by atoms with Crippen LogP contribution in [0.2, 0.25) is 0 Å². The highest BCUT2D eigenvalue weighted by atomic mass is 79.9.